The molecule has 0 heterocycles. The van der Waals surface area contributed by atoms with E-state index in [1.54, 1.807) is 32.4 Å². The molecule has 0 unspecified atom stereocenters. The van der Waals surface area contributed by atoms with Crippen LogP contribution < -0.4 is 14.8 Å². The number of hydrogen-bond donors (Lipinski definition) is 1. The quantitative estimate of drug-likeness (QED) is 0.450. The molecule has 0 saturated heterocycles. The monoisotopic (exact) mass is 304 g/mol. The Morgan fingerprint density at radius 3 is 2.73 bits per heavy atom. The first-order valence-electron chi connectivity index (χ1n) is 6.86. The van der Waals surface area contributed by atoms with E-state index in [1.807, 2.05) is 13.0 Å². The summed E-state index contributed by atoms with van der Waals surface area (Å²) in [6, 6.07) is 7.10. The zero-order valence-corrected chi connectivity index (χ0v) is 13.0. The lowest BCUT2D eigenvalue weighted by molar-refractivity contribution is -0.117. The Labute approximate surface area is 130 Å². The molecule has 22 heavy (non-hydrogen) atoms. The van der Waals surface area contributed by atoms with Gasteiger partial charge in [-0.3, -0.25) is 4.79 Å². The van der Waals surface area contributed by atoms with Crippen molar-refractivity contribution in [1.82, 2.24) is 5.32 Å². The highest BCUT2D eigenvalue weighted by Crippen LogP contribution is 2.28. The number of carbonyl (C=O) groups is 1. The molecule has 1 aromatic carbocycles. The van der Waals surface area contributed by atoms with E-state index in [-0.39, 0.29) is 5.57 Å². The van der Waals surface area contributed by atoms with Crippen molar-refractivity contribution >= 4 is 12.0 Å². The van der Waals surface area contributed by atoms with Crippen molar-refractivity contribution in [2.75, 3.05) is 34.0 Å². The van der Waals surface area contributed by atoms with Crippen molar-refractivity contribution < 1.29 is 19.0 Å². The number of amides is 1. The van der Waals surface area contributed by atoms with Gasteiger partial charge in [-0.15, -0.1) is 0 Å². The third-order valence-electron chi connectivity index (χ3n) is 2.76. The van der Waals surface area contributed by atoms with Gasteiger partial charge in [-0.25, -0.2) is 0 Å². The topological polar surface area (TPSA) is 80.6 Å². The number of rotatable bonds is 8. The Kier molecular flexibility index (Phi) is 7.51. The van der Waals surface area contributed by atoms with E-state index in [4.69, 9.17) is 19.5 Å². The van der Waals surface area contributed by atoms with Gasteiger partial charge in [0.25, 0.3) is 5.91 Å². The first-order valence-corrected chi connectivity index (χ1v) is 6.86. The molecule has 1 aromatic rings. The van der Waals surface area contributed by atoms with Gasteiger partial charge in [0.15, 0.2) is 11.5 Å². The van der Waals surface area contributed by atoms with E-state index in [1.165, 1.54) is 6.08 Å². The molecule has 1 N–H and O–H groups in total. The molecule has 0 atom stereocenters. The highest BCUT2D eigenvalue weighted by Gasteiger charge is 2.10. The minimum absolute atomic E-state index is 0.0173. The second-order valence-electron chi connectivity index (χ2n) is 4.26. The molecule has 0 aliphatic heterocycles. The molecule has 0 spiro atoms. The third kappa shape index (κ3) is 5.11. The summed E-state index contributed by atoms with van der Waals surface area (Å²) in [6.45, 7) is 3.10. The molecule has 1 rings (SSSR count). The van der Waals surface area contributed by atoms with Crippen LogP contribution in [-0.4, -0.2) is 39.9 Å². The molecule has 0 radical (unpaired) electrons. The number of methoxy groups -OCH3 is 2. The summed E-state index contributed by atoms with van der Waals surface area (Å²) in [6.07, 6.45) is 1.50. The predicted molar refractivity (Wildman–Crippen MR) is 82.6 cm³/mol. The SMILES string of the molecule is CCOc1cc(/C=C(\C#N)C(=O)NCCOC)ccc1OC. The average molecular weight is 304 g/mol. The van der Waals surface area contributed by atoms with Crippen LogP contribution in [0.3, 0.4) is 0 Å². The Hall–Kier alpha value is -2.52. The first kappa shape index (κ1) is 17.5. The molecule has 0 aromatic heterocycles. The van der Waals surface area contributed by atoms with Gasteiger partial charge in [0.2, 0.25) is 0 Å². The number of hydrogen-bond acceptors (Lipinski definition) is 5. The Morgan fingerprint density at radius 1 is 1.36 bits per heavy atom. The largest absolute Gasteiger partial charge is 0.493 e. The molecule has 0 aliphatic rings. The number of nitrogens with one attached hydrogen (secondary N) is 1. The van der Waals surface area contributed by atoms with E-state index >= 15 is 0 Å². The Morgan fingerprint density at radius 2 is 2.14 bits per heavy atom. The first-order chi connectivity index (χ1) is 10.7. The number of benzene rings is 1. The Bertz CT molecular complexity index is 576. The molecule has 0 aliphatic carbocycles. The van der Waals surface area contributed by atoms with Gasteiger partial charge < -0.3 is 19.5 Å². The second-order valence-corrected chi connectivity index (χ2v) is 4.26. The van der Waals surface area contributed by atoms with Gasteiger partial charge in [-0.1, -0.05) is 6.07 Å². The fourth-order valence-corrected chi connectivity index (χ4v) is 1.73. The van der Waals surface area contributed by atoms with Crippen LogP contribution in [0.4, 0.5) is 0 Å². The van der Waals surface area contributed by atoms with Gasteiger partial charge >= 0.3 is 0 Å². The van der Waals surface area contributed by atoms with E-state index in [0.717, 1.165) is 0 Å². The summed E-state index contributed by atoms with van der Waals surface area (Å²) in [7, 11) is 3.09. The van der Waals surface area contributed by atoms with Gasteiger partial charge in [0.05, 0.1) is 20.3 Å². The van der Waals surface area contributed by atoms with E-state index < -0.39 is 5.91 Å². The van der Waals surface area contributed by atoms with Gasteiger partial charge in [-0.2, -0.15) is 5.26 Å². The lowest BCUT2D eigenvalue weighted by Gasteiger charge is -2.10. The number of carbonyl (C=O) groups excluding carboxylic acids is 1. The minimum atomic E-state index is -0.437. The van der Waals surface area contributed by atoms with Crippen molar-refractivity contribution in [1.29, 1.82) is 5.26 Å². The predicted octanol–water partition coefficient (Wildman–Crippen LogP) is 1.76. The molecule has 0 fully saturated rings. The Balaban J connectivity index is 2.95. The second kappa shape index (κ2) is 9.42. The van der Waals surface area contributed by atoms with Crippen molar-refractivity contribution in [3.05, 3.63) is 29.3 Å². The maximum absolute atomic E-state index is 11.9. The van der Waals surface area contributed by atoms with Crippen molar-refractivity contribution in [2.45, 2.75) is 6.92 Å². The zero-order chi connectivity index (χ0) is 16.4. The normalized spacial score (nSPS) is 10.7. The average Bonchev–Trinajstić information content (AvgIpc) is 2.53. The molecule has 6 heteroatoms. The molecule has 6 nitrogen and oxygen atoms in total. The lowest BCUT2D eigenvalue weighted by atomic mass is 10.1. The fraction of sp³-hybridized carbons (Fsp3) is 0.375. The van der Waals surface area contributed by atoms with Crippen LogP contribution in [0.1, 0.15) is 12.5 Å². The summed E-state index contributed by atoms with van der Waals surface area (Å²) >= 11 is 0. The van der Waals surface area contributed by atoms with Gasteiger partial charge in [-0.05, 0) is 30.7 Å². The molecular weight excluding hydrogens is 284 g/mol. The summed E-state index contributed by atoms with van der Waals surface area (Å²) in [5, 5.41) is 11.7. The standard InChI is InChI=1S/C16H20N2O4/c1-4-22-15-10-12(5-6-14(15)21-3)9-13(11-17)16(19)18-7-8-20-2/h5-6,9-10H,4,7-8H2,1-3H3,(H,18,19)/b13-9+. The molecule has 0 saturated carbocycles. The van der Waals surface area contributed by atoms with Crippen molar-refractivity contribution in [2.24, 2.45) is 0 Å². The molecule has 118 valence electrons. The maximum atomic E-state index is 11.9. The van der Waals surface area contributed by atoms with Crippen LogP contribution in [0.2, 0.25) is 0 Å². The van der Waals surface area contributed by atoms with Crippen LogP contribution in [-0.2, 0) is 9.53 Å². The summed E-state index contributed by atoms with van der Waals surface area (Å²) in [5.41, 5.74) is 0.700. The lowest BCUT2D eigenvalue weighted by Crippen LogP contribution is -2.27. The van der Waals surface area contributed by atoms with E-state index in [9.17, 15) is 4.79 Å². The number of nitrogens with zero attached hydrogens (tertiary/aromatic N) is 1. The van der Waals surface area contributed by atoms with Gasteiger partial charge in [0.1, 0.15) is 11.6 Å². The molecular formula is C16H20N2O4. The highest BCUT2D eigenvalue weighted by molar-refractivity contribution is 6.01. The summed E-state index contributed by atoms with van der Waals surface area (Å²) in [4.78, 5) is 11.9. The van der Waals surface area contributed by atoms with Crippen molar-refractivity contribution in [3.8, 4) is 17.6 Å². The van der Waals surface area contributed by atoms with Crippen LogP contribution in [0.5, 0.6) is 11.5 Å². The smallest absolute Gasteiger partial charge is 0.262 e. The maximum Gasteiger partial charge on any atom is 0.262 e. The molecule has 1 amide bonds. The minimum Gasteiger partial charge on any atom is -0.493 e. The third-order valence-corrected chi connectivity index (χ3v) is 2.76. The van der Waals surface area contributed by atoms with E-state index in [2.05, 4.69) is 5.32 Å². The van der Waals surface area contributed by atoms with E-state index in [0.29, 0.717) is 36.8 Å². The number of ether oxygens (including phenoxy) is 3. The van der Waals surface area contributed by atoms with Crippen LogP contribution in [0.25, 0.3) is 6.08 Å². The zero-order valence-electron chi connectivity index (χ0n) is 13.0. The fourth-order valence-electron chi connectivity index (χ4n) is 1.73. The summed E-state index contributed by atoms with van der Waals surface area (Å²) in [5.74, 6) is 0.728. The van der Waals surface area contributed by atoms with Gasteiger partial charge in [0, 0.05) is 13.7 Å². The van der Waals surface area contributed by atoms with Crippen molar-refractivity contribution in [3.63, 3.8) is 0 Å². The highest BCUT2D eigenvalue weighted by atomic mass is 16.5. The number of nitriles is 1. The van der Waals surface area contributed by atoms with Crippen LogP contribution >= 0.6 is 0 Å². The van der Waals surface area contributed by atoms with Crippen LogP contribution in [0, 0.1) is 11.3 Å². The molecule has 0 bridgehead atoms. The summed E-state index contributed by atoms with van der Waals surface area (Å²) < 4.78 is 15.5. The van der Waals surface area contributed by atoms with Crippen LogP contribution in [0.15, 0.2) is 23.8 Å².